The van der Waals surface area contributed by atoms with Crippen molar-refractivity contribution in [2.45, 2.75) is 176 Å². The summed E-state index contributed by atoms with van der Waals surface area (Å²) >= 11 is 2.85. The van der Waals surface area contributed by atoms with E-state index in [0.29, 0.717) is 42.5 Å². The number of ether oxygens (including phenoxy) is 3. The lowest BCUT2D eigenvalue weighted by molar-refractivity contribution is -0.0502. The number of allylic oxidation sites excluding steroid dienone is 9. The predicted molar refractivity (Wildman–Crippen MR) is 285 cm³/mol. The van der Waals surface area contributed by atoms with Gasteiger partial charge in [0.15, 0.2) is 28.0 Å². The van der Waals surface area contributed by atoms with Crippen LogP contribution in [0.1, 0.15) is 133 Å². The number of carbonyl (C=O) groups excluding carboxylic acids is 2. The van der Waals surface area contributed by atoms with Gasteiger partial charge in [-0.15, -0.1) is 22.7 Å². The number of rotatable bonds is 10. The minimum absolute atomic E-state index is 0.00409. The molecule has 0 saturated heterocycles. The Balaban J connectivity index is 1.63. The van der Waals surface area contributed by atoms with E-state index in [2.05, 4.69) is 138 Å². The fourth-order valence-electron chi connectivity index (χ4n) is 7.07. The van der Waals surface area contributed by atoms with Crippen molar-refractivity contribution in [1.29, 1.82) is 0 Å². The second-order valence-corrected chi connectivity index (χ2v) is 33.7. The van der Waals surface area contributed by atoms with E-state index >= 15 is 0 Å². The van der Waals surface area contributed by atoms with Crippen LogP contribution in [0.25, 0.3) is 6.08 Å². The first kappa shape index (κ1) is 56.3. The third kappa shape index (κ3) is 15.9. The maximum Gasteiger partial charge on any atom is 0.358 e. The number of thiazole rings is 2. The Bertz CT molecular complexity index is 2160. The molecule has 67 heavy (non-hydrogen) atoms. The largest absolute Gasteiger partial charge is 0.457 e. The van der Waals surface area contributed by atoms with Crippen LogP contribution in [0.5, 0.6) is 0 Å². The van der Waals surface area contributed by atoms with Crippen molar-refractivity contribution in [2.24, 2.45) is 22.7 Å². The lowest BCUT2D eigenvalue weighted by Gasteiger charge is -2.45. The topological polar surface area (TPSA) is 106 Å². The number of esters is 2. The summed E-state index contributed by atoms with van der Waals surface area (Å²) < 4.78 is 32.5. The van der Waals surface area contributed by atoms with E-state index in [1.54, 1.807) is 17.9 Å². The average molecular weight is 992 g/mol. The fourth-order valence-corrected chi connectivity index (χ4v) is 11.5. The molecule has 4 bridgehead atoms. The van der Waals surface area contributed by atoms with E-state index in [9.17, 15) is 9.59 Å². The number of carbonyl (C=O) groups is 2. The summed E-state index contributed by atoms with van der Waals surface area (Å²) in [7, 11) is -2.64. The van der Waals surface area contributed by atoms with Crippen LogP contribution < -0.4 is 0 Å². The summed E-state index contributed by atoms with van der Waals surface area (Å²) in [4.78, 5) is 37.1. The summed E-state index contributed by atoms with van der Waals surface area (Å²) in [5.41, 5.74) is -0.484. The van der Waals surface area contributed by atoms with Crippen LogP contribution in [0.4, 0.5) is 0 Å². The molecule has 1 fully saturated rings. The number of nitrogens with zero attached hydrogens (tertiary/aromatic N) is 2. The predicted octanol–water partition coefficient (Wildman–Crippen LogP) is 14.6. The molecule has 370 valence electrons. The van der Waals surface area contributed by atoms with Gasteiger partial charge in [0.25, 0.3) is 0 Å². The number of cyclic esters (lactones) is 2. The minimum atomic E-state index is -2.20. The third-order valence-electron chi connectivity index (χ3n) is 14.5. The van der Waals surface area contributed by atoms with E-state index in [4.69, 9.17) is 28.0 Å². The Kier molecular flexibility index (Phi) is 19.8. The molecule has 0 aromatic carbocycles. The van der Waals surface area contributed by atoms with Crippen LogP contribution in [0.15, 0.2) is 89.7 Å². The second-order valence-electron chi connectivity index (χ2n) is 22.4. The van der Waals surface area contributed by atoms with Crippen LogP contribution in [0, 0.1) is 22.7 Å². The molecule has 2 aromatic heterocycles. The summed E-state index contributed by atoms with van der Waals surface area (Å²) in [6, 6.07) is 0. The molecule has 4 rings (SSSR count). The smallest absolute Gasteiger partial charge is 0.358 e. The Labute approximate surface area is 414 Å². The van der Waals surface area contributed by atoms with Gasteiger partial charge in [-0.05, 0) is 74.4 Å². The Morgan fingerprint density at radius 2 is 1.25 bits per heavy atom. The van der Waals surface area contributed by atoms with Crippen LogP contribution in [0.2, 0.25) is 36.3 Å². The van der Waals surface area contributed by atoms with Crippen LogP contribution in [-0.2, 0) is 29.5 Å². The van der Waals surface area contributed by atoms with Gasteiger partial charge in [-0.1, -0.05) is 148 Å². The summed E-state index contributed by atoms with van der Waals surface area (Å²) in [6.45, 7) is 35.1. The van der Waals surface area contributed by atoms with E-state index in [1.807, 2.05) is 61.6 Å². The number of aromatic nitrogens is 2. The maximum absolute atomic E-state index is 14.0. The normalized spacial score (nSPS) is 26.3. The third-order valence-corrected chi connectivity index (χ3v) is 25.2. The number of methoxy groups -OCH3 is 1. The molecule has 0 unspecified atom stereocenters. The summed E-state index contributed by atoms with van der Waals surface area (Å²) in [5.74, 6) is -0.0884. The lowest BCUT2D eigenvalue weighted by atomic mass is 9.79. The highest BCUT2D eigenvalue weighted by Crippen LogP contribution is 2.45. The molecular weight excluding hydrogens is 909 g/mol. The summed E-state index contributed by atoms with van der Waals surface area (Å²) in [6.07, 6.45) is 29.5. The first-order valence-electron chi connectivity index (χ1n) is 24.0. The molecule has 0 spiro atoms. The van der Waals surface area contributed by atoms with Gasteiger partial charge in [-0.2, -0.15) is 0 Å². The van der Waals surface area contributed by atoms with Gasteiger partial charge in [0.1, 0.15) is 17.2 Å². The molecule has 0 radical (unpaired) electrons. The molecule has 3 heterocycles. The highest BCUT2D eigenvalue weighted by Gasteiger charge is 2.47. The molecule has 2 aliphatic rings. The van der Waals surface area contributed by atoms with Crippen molar-refractivity contribution in [3.05, 3.63) is 111 Å². The lowest BCUT2D eigenvalue weighted by Crippen LogP contribution is -2.51. The van der Waals surface area contributed by atoms with E-state index in [-0.39, 0.29) is 28.4 Å². The van der Waals surface area contributed by atoms with Crippen LogP contribution in [0.3, 0.4) is 0 Å². The number of hydrogen-bond acceptors (Lipinski definition) is 11. The zero-order valence-electron chi connectivity index (χ0n) is 43.7. The number of fused-ring (bicyclic) bond motifs is 5. The van der Waals surface area contributed by atoms with Crippen molar-refractivity contribution in [2.75, 3.05) is 7.11 Å². The van der Waals surface area contributed by atoms with Crippen molar-refractivity contribution in [1.82, 2.24) is 9.97 Å². The molecule has 1 aliphatic carbocycles. The Hall–Kier alpha value is -3.31. The molecular formula is C54H82N2O7S2Si2. The Morgan fingerprint density at radius 1 is 0.701 bits per heavy atom. The van der Waals surface area contributed by atoms with E-state index in [0.717, 1.165) is 16.4 Å². The molecule has 1 saturated carbocycles. The van der Waals surface area contributed by atoms with Crippen molar-refractivity contribution < 1.29 is 32.7 Å². The highest BCUT2D eigenvalue weighted by atomic mass is 32.1. The zero-order chi connectivity index (χ0) is 50.0. The molecule has 9 nitrogen and oxygen atoms in total. The molecule has 7 atom stereocenters. The molecule has 0 amide bonds. The number of hydrogen-bond donors (Lipinski definition) is 0. The first-order valence-corrected chi connectivity index (χ1v) is 31.5. The van der Waals surface area contributed by atoms with E-state index < -0.39 is 51.6 Å². The van der Waals surface area contributed by atoms with Gasteiger partial charge in [0, 0.05) is 48.0 Å². The molecule has 1 aliphatic heterocycles. The second kappa shape index (κ2) is 23.5. The van der Waals surface area contributed by atoms with Gasteiger partial charge >= 0.3 is 11.9 Å². The Morgan fingerprint density at radius 3 is 1.88 bits per heavy atom. The maximum atomic E-state index is 14.0. The van der Waals surface area contributed by atoms with Gasteiger partial charge in [0.05, 0.1) is 23.3 Å². The molecule has 13 heteroatoms. The van der Waals surface area contributed by atoms with Gasteiger partial charge in [0.2, 0.25) is 0 Å². The fraction of sp³-hybridized carbons (Fsp3) is 0.593. The molecule has 0 N–H and O–H groups in total. The zero-order valence-corrected chi connectivity index (χ0v) is 47.3. The SMILES string of the molecule is C/C=C/[C@H](O[Si](C)(C)C(C)(C)C)C(C)(C)[C@@H]1C/C=C\[C@H]2C[C@H]2/C=C/C=C\c2nc(cs2)C(=O)O[C@H](C(C)(C)[C@H](C)O[Si](C)(C)C(C)(C)C)C\C=C/C=C\C=C\[C@H](OC)Cc2nc(cs2)C(=O)O1. The van der Waals surface area contributed by atoms with Crippen LogP contribution >= 0.6 is 22.7 Å². The highest BCUT2D eigenvalue weighted by molar-refractivity contribution is 7.10. The standard InChI is InChI=1S/C54H82N2O7S2Si2/c1-18-27-46(63-67(16,17)52(6,7)8)54(11,12)45-32-26-29-40-34-39(40)28-24-25-33-47-55-42(36-64-47)49(57)60-44(53(9,10)38(2)62-66(14,15)51(3,4)5)31-23-21-19-20-22-30-41(59-13)35-48-56-43(37-65-48)50(58)61-45/h18-30,33,36-41,44-46H,31-32,34-35H2,1-17H3/b20-19-,23-21-,27-18+,28-24+,29-26-,30-22+,33-25-/t38-,39+,40-,41-,44-,45-,46-/m0/s1. The quantitative estimate of drug-likeness (QED) is 0.131. The average Bonchev–Trinajstić information content (AvgIpc) is 3.54. The van der Waals surface area contributed by atoms with Crippen molar-refractivity contribution in [3.8, 4) is 0 Å². The van der Waals surface area contributed by atoms with Crippen LogP contribution in [-0.4, -0.2) is 76.2 Å². The van der Waals surface area contributed by atoms with Crippen molar-refractivity contribution >= 4 is 57.3 Å². The summed E-state index contributed by atoms with van der Waals surface area (Å²) in [5, 5.41) is 5.10. The molecule has 2 aromatic rings. The van der Waals surface area contributed by atoms with E-state index in [1.165, 1.54) is 22.7 Å². The minimum Gasteiger partial charge on any atom is -0.457 e. The van der Waals surface area contributed by atoms with Gasteiger partial charge < -0.3 is 23.1 Å². The first-order chi connectivity index (χ1) is 31.1. The van der Waals surface area contributed by atoms with Gasteiger partial charge in [-0.3, -0.25) is 0 Å². The van der Waals surface area contributed by atoms with Crippen molar-refractivity contribution in [3.63, 3.8) is 0 Å². The monoisotopic (exact) mass is 991 g/mol. The van der Waals surface area contributed by atoms with Gasteiger partial charge in [-0.25, -0.2) is 19.6 Å².